The summed E-state index contributed by atoms with van der Waals surface area (Å²) >= 11 is 3.59. The van der Waals surface area contributed by atoms with Gasteiger partial charge in [0.2, 0.25) is 0 Å². The van der Waals surface area contributed by atoms with Crippen LogP contribution in [0.5, 0.6) is 0 Å². The van der Waals surface area contributed by atoms with E-state index in [9.17, 15) is 10.1 Å². The fraction of sp³-hybridized carbons (Fsp3) is 0.556. The largest absolute Gasteiger partial charge is 0.465 e. The minimum atomic E-state index is -0.837. The number of anilines is 2. The maximum atomic E-state index is 11.1. The number of alkyl halides is 1. The number of nitriles is 1. The second-order valence-electron chi connectivity index (χ2n) is 6.64. The molecule has 1 saturated heterocycles. The first-order valence-electron chi connectivity index (χ1n) is 8.68. The molecule has 1 amide bonds. The van der Waals surface area contributed by atoms with Crippen LogP contribution in [0.4, 0.5) is 16.2 Å². The van der Waals surface area contributed by atoms with Gasteiger partial charge in [0.05, 0.1) is 16.2 Å². The Balaban J connectivity index is 1.91. The molecule has 134 valence electrons. The number of likely N-dealkylation sites (tertiary alicyclic amines) is 1. The Labute approximate surface area is 156 Å². The average Bonchev–Trinajstić information content (AvgIpc) is 2.96. The first-order chi connectivity index (χ1) is 12.0. The number of halogens is 1. The molecule has 1 atom stereocenters. The zero-order chi connectivity index (χ0) is 18.1. The van der Waals surface area contributed by atoms with Gasteiger partial charge >= 0.3 is 6.09 Å². The van der Waals surface area contributed by atoms with Gasteiger partial charge in [-0.1, -0.05) is 15.9 Å². The fourth-order valence-electron chi connectivity index (χ4n) is 3.98. The minimum Gasteiger partial charge on any atom is -0.465 e. The number of amides is 1. The van der Waals surface area contributed by atoms with Crippen LogP contribution in [0.1, 0.15) is 36.5 Å². The Morgan fingerprint density at radius 1 is 1.52 bits per heavy atom. The summed E-state index contributed by atoms with van der Waals surface area (Å²) in [6.45, 7) is 6.10. The number of hydrogen-bond donors (Lipinski definition) is 2. The van der Waals surface area contributed by atoms with Crippen LogP contribution in [-0.2, 0) is 6.42 Å². The SMILES string of the molecule is CCN(c1cc2c(c(C#N)c1C)NC(Br)C2)C1CCN(C(=O)O)CC1. The molecule has 1 aromatic carbocycles. The Morgan fingerprint density at radius 2 is 2.20 bits per heavy atom. The van der Waals surface area contributed by atoms with E-state index in [1.807, 2.05) is 6.92 Å². The normalized spacial score (nSPS) is 19.9. The molecule has 2 aliphatic heterocycles. The van der Waals surface area contributed by atoms with Gasteiger partial charge in [-0.3, -0.25) is 0 Å². The van der Waals surface area contributed by atoms with Crippen molar-refractivity contribution in [3.63, 3.8) is 0 Å². The highest BCUT2D eigenvalue weighted by atomic mass is 79.9. The summed E-state index contributed by atoms with van der Waals surface area (Å²) in [6, 6.07) is 4.87. The molecule has 2 aliphatic rings. The number of piperidine rings is 1. The van der Waals surface area contributed by atoms with E-state index in [0.29, 0.717) is 19.1 Å². The molecule has 0 aromatic heterocycles. The molecule has 0 bridgehead atoms. The Hall–Kier alpha value is -1.94. The van der Waals surface area contributed by atoms with Crippen LogP contribution in [-0.4, -0.2) is 46.7 Å². The van der Waals surface area contributed by atoms with Crippen molar-refractivity contribution < 1.29 is 9.90 Å². The lowest BCUT2D eigenvalue weighted by Gasteiger charge is -2.39. The standard InChI is InChI=1S/C18H23BrN4O2/c1-3-23(13-4-6-22(7-5-13)18(24)25)15-8-12-9-16(19)21-17(12)14(10-20)11(15)2/h8,13,16,21H,3-7,9H2,1-2H3,(H,24,25). The van der Waals surface area contributed by atoms with Crippen molar-refractivity contribution in [3.8, 4) is 6.07 Å². The number of nitrogens with one attached hydrogen (secondary N) is 1. The molecule has 2 heterocycles. The zero-order valence-corrected chi connectivity index (χ0v) is 16.1. The lowest BCUT2D eigenvalue weighted by molar-refractivity contribution is 0.131. The molecule has 0 radical (unpaired) electrons. The van der Waals surface area contributed by atoms with Crippen molar-refractivity contribution in [1.82, 2.24) is 4.90 Å². The van der Waals surface area contributed by atoms with Crippen LogP contribution in [0.15, 0.2) is 6.07 Å². The van der Waals surface area contributed by atoms with Crippen molar-refractivity contribution in [2.75, 3.05) is 29.9 Å². The molecular formula is C18H23BrN4O2. The van der Waals surface area contributed by atoms with Crippen LogP contribution in [0.2, 0.25) is 0 Å². The first kappa shape index (κ1) is 17.9. The van der Waals surface area contributed by atoms with E-state index in [4.69, 9.17) is 5.11 Å². The highest BCUT2D eigenvalue weighted by Crippen LogP contribution is 2.39. The molecule has 1 fully saturated rings. The highest BCUT2D eigenvalue weighted by molar-refractivity contribution is 9.09. The van der Waals surface area contributed by atoms with E-state index in [1.165, 1.54) is 10.5 Å². The van der Waals surface area contributed by atoms with E-state index in [1.54, 1.807) is 0 Å². The fourth-order valence-corrected chi connectivity index (χ4v) is 4.56. The van der Waals surface area contributed by atoms with Gasteiger partial charge in [0, 0.05) is 37.8 Å². The summed E-state index contributed by atoms with van der Waals surface area (Å²) in [5.74, 6) is 0. The van der Waals surface area contributed by atoms with Crippen molar-refractivity contribution in [2.45, 2.75) is 44.1 Å². The van der Waals surface area contributed by atoms with Crippen LogP contribution in [0, 0.1) is 18.3 Å². The molecule has 0 aliphatic carbocycles. The second kappa shape index (κ2) is 7.12. The van der Waals surface area contributed by atoms with Crippen molar-refractivity contribution in [3.05, 3.63) is 22.8 Å². The van der Waals surface area contributed by atoms with Crippen LogP contribution < -0.4 is 10.2 Å². The Morgan fingerprint density at radius 3 is 2.76 bits per heavy atom. The number of carboxylic acid groups (broad SMARTS) is 1. The van der Waals surface area contributed by atoms with Crippen molar-refractivity contribution >= 4 is 33.4 Å². The van der Waals surface area contributed by atoms with Gasteiger partial charge in [0.1, 0.15) is 6.07 Å². The molecular weight excluding hydrogens is 384 g/mol. The van der Waals surface area contributed by atoms with Gasteiger partial charge in [-0.15, -0.1) is 0 Å². The Bertz CT molecular complexity index is 723. The maximum Gasteiger partial charge on any atom is 0.407 e. The monoisotopic (exact) mass is 406 g/mol. The van der Waals surface area contributed by atoms with Gasteiger partial charge < -0.3 is 20.2 Å². The van der Waals surface area contributed by atoms with Gasteiger partial charge in [-0.25, -0.2) is 4.79 Å². The predicted octanol–water partition coefficient (Wildman–Crippen LogP) is 3.52. The summed E-state index contributed by atoms with van der Waals surface area (Å²) in [5.41, 5.74) is 4.94. The summed E-state index contributed by atoms with van der Waals surface area (Å²) in [6.07, 6.45) is 1.65. The van der Waals surface area contributed by atoms with E-state index >= 15 is 0 Å². The number of rotatable bonds is 3. The maximum absolute atomic E-state index is 11.1. The molecule has 3 rings (SSSR count). The molecule has 7 heteroatoms. The van der Waals surface area contributed by atoms with Gasteiger partial charge in [0.25, 0.3) is 0 Å². The molecule has 6 nitrogen and oxygen atoms in total. The van der Waals surface area contributed by atoms with Crippen molar-refractivity contribution in [1.29, 1.82) is 5.26 Å². The molecule has 0 spiro atoms. The van der Waals surface area contributed by atoms with E-state index in [-0.39, 0.29) is 4.95 Å². The van der Waals surface area contributed by atoms with E-state index in [2.05, 4.69) is 45.2 Å². The molecule has 2 N–H and O–H groups in total. The lowest BCUT2D eigenvalue weighted by atomic mass is 9.96. The number of nitrogens with zero attached hydrogens (tertiary/aromatic N) is 3. The molecule has 1 aromatic rings. The summed E-state index contributed by atoms with van der Waals surface area (Å²) < 4.78 is 0. The summed E-state index contributed by atoms with van der Waals surface area (Å²) in [5, 5.41) is 22.1. The smallest absolute Gasteiger partial charge is 0.407 e. The second-order valence-corrected chi connectivity index (χ2v) is 7.75. The van der Waals surface area contributed by atoms with E-state index in [0.717, 1.165) is 48.3 Å². The van der Waals surface area contributed by atoms with Crippen LogP contribution in [0.3, 0.4) is 0 Å². The highest BCUT2D eigenvalue weighted by Gasteiger charge is 2.30. The zero-order valence-electron chi connectivity index (χ0n) is 14.5. The third kappa shape index (κ3) is 3.28. The number of benzene rings is 1. The minimum absolute atomic E-state index is 0.165. The average molecular weight is 407 g/mol. The lowest BCUT2D eigenvalue weighted by Crippen LogP contribution is -2.46. The number of fused-ring (bicyclic) bond motifs is 1. The van der Waals surface area contributed by atoms with Gasteiger partial charge in [-0.2, -0.15) is 5.26 Å². The van der Waals surface area contributed by atoms with Crippen LogP contribution in [0.25, 0.3) is 0 Å². The topological polar surface area (TPSA) is 79.6 Å². The van der Waals surface area contributed by atoms with Gasteiger partial charge in [-0.05, 0) is 43.9 Å². The Kier molecular flexibility index (Phi) is 5.09. The summed E-state index contributed by atoms with van der Waals surface area (Å²) in [4.78, 5) is 15.1. The third-order valence-electron chi connectivity index (χ3n) is 5.28. The number of hydrogen-bond acceptors (Lipinski definition) is 4. The quantitative estimate of drug-likeness (QED) is 0.592. The van der Waals surface area contributed by atoms with Gasteiger partial charge in [0.15, 0.2) is 0 Å². The molecule has 1 unspecified atom stereocenters. The molecule has 25 heavy (non-hydrogen) atoms. The van der Waals surface area contributed by atoms with Crippen molar-refractivity contribution in [2.24, 2.45) is 0 Å². The summed E-state index contributed by atoms with van der Waals surface area (Å²) in [7, 11) is 0. The first-order valence-corrected chi connectivity index (χ1v) is 9.59. The third-order valence-corrected chi connectivity index (χ3v) is 5.83. The van der Waals surface area contributed by atoms with E-state index < -0.39 is 6.09 Å². The predicted molar refractivity (Wildman–Crippen MR) is 102 cm³/mol. The number of carbonyl (C=O) groups is 1. The van der Waals surface area contributed by atoms with Crippen LogP contribution >= 0.6 is 15.9 Å². The molecule has 0 saturated carbocycles.